The van der Waals surface area contributed by atoms with Crippen molar-refractivity contribution in [2.24, 2.45) is 0 Å². The third-order valence-corrected chi connectivity index (χ3v) is 4.05. The first-order valence-electron chi connectivity index (χ1n) is 6.85. The molecule has 2 saturated heterocycles. The molecule has 0 spiro atoms. The van der Waals surface area contributed by atoms with E-state index < -0.39 is 4.92 Å². The van der Waals surface area contributed by atoms with Gasteiger partial charge in [0.05, 0.1) is 17.4 Å². The zero-order valence-corrected chi connectivity index (χ0v) is 12.3. The molecule has 2 aliphatic rings. The van der Waals surface area contributed by atoms with E-state index in [1.54, 1.807) is 0 Å². The van der Waals surface area contributed by atoms with Crippen LogP contribution in [0, 0.1) is 10.1 Å². The molecule has 1 N–H and O–H groups in total. The monoisotopic (exact) mass is 315 g/mol. The number of rotatable bonds is 3. The third-order valence-electron chi connectivity index (χ3n) is 4.05. The molecule has 2 fully saturated rings. The standard InChI is InChI=1S/C12H17N5O3.ClH/c18-12(8-15-6-4-11(14-15)17(19)20)16-9-1-2-10(16)7-13-5-3-9;/h4,6,9-10,13H,1-3,5,7-8H2;1H. The van der Waals surface area contributed by atoms with Crippen molar-refractivity contribution in [1.82, 2.24) is 20.0 Å². The molecule has 116 valence electrons. The summed E-state index contributed by atoms with van der Waals surface area (Å²) in [4.78, 5) is 24.4. The Morgan fingerprint density at radius 3 is 2.90 bits per heavy atom. The number of halogens is 1. The van der Waals surface area contributed by atoms with Crippen LogP contribution in [0.3, 0.4) is 0 Å². The summed E-state index contributed by atoms with van der Waals surface area (Å²) in [5.74, 6) is -0.225. The number of hydrogen-bond donors (Lipinski definition) is 1. The zero-order valence-electron chi connectivity index (χ0n) is 11.5. The molecule has 2 aliphatic heterocycles. The molecule has 9 heteroatoms. The molecule has 0 aromatic carbocycles. The van der Waals surface area contributed by atoms with Crippen molar-refractivity contribution in [3.05, 3.63) is 22.4 Å². The van der Waals surface area contributed by atoms with Gasteiger partial charge in [0.1, 0.15) is 6.54 Å². The minimum absolute atomic E-state index is 0. The Kier molecular flexibility index (Phi) is 4.79. The topological polar surface area (TPSA) is 93.3 Å². The molecule has 21 heavy (non-hydrogen) atoms. The molecule has 0 saturated carbocycles. The first-order chi connectivity index (χ1) is 9.65. The summed E-state index contributed by atoms with van der Waals surface area (Å²) < 4.78 is 1.35. The van der Waals surface area contributed by atoms with E-state index in [9.17, 15) is 14.9 Å². The van der Waals surface area contributed by atoms with Crippen molar-refractivity contribution in [1.29, 1.82) is 0 Å². The average molecular weight is 316 g/mol. The molecular formula is C12H18ClN5O3. The number of fused-ring (bicyclic) bond motifs is 2. The smallest absolute Gasteiger partial charge is 0.358 e. The first-order valence-corrected chi connectivity index (χ1v) is 6.85. The number of carbonyl (C=O) groups is 1. The van der Waals surface area contributed by atoms with E-state index in [0.29, 0.717) is 6.04 Å². The minimum Gasteiger partial charge on any atom is -0.358 e. The van der Waals surface area contributed by atoms with Crippen LogP contribution in [0.25, 0.3) is 0 Å². The van der Waals surface area contributed by atoms with Gasteiger partial charge < -0.3 is 20.3 Å². The minimum atomic E-state index is -0.555. The lowest BCUT2D eigenvalue weighted by atomic mass is 10.1. The fourth-order valence-electron chi connectivity index (χ4n) is 3.15. The van der Waals surface area contributed by atoms with Gasteiger partial charge in [-0.05, 0) is 30.7 Å². The van der Waals surface area contributed by atoms with Crippen molar-refractivity contribution in [3.8, 4) is 0 Å². The van der Waals surface area contributed by atoms with E-state index in [1.807, 2.05) is 4.90 Å². The lowest BCUT2D eigenvalue weighted by Crippen LogP contribution is -2.44. The zero-order chi connectivity index (χ0) is 14.1. The van der Waals surface area contributed by atoms with Gasteiger partial charge in [-0.3, -0.25) is 4.79 Å². The Bertz CT molecular complexity index is 521. The maximum absolute atomic E-state index is 12.4. The van der Waals surface area contributed by atoms with E-state index in [1.165, 1.54) is 16.9 Å². The molecule has 3 heterocycles. The molecule has 2 atom stereocenters. The van der Waals surface area contributed by atoms with Gasteiger partial charge in [-0.15, -0.1) is 12.4 Å². The number of hydrogen-bond acceptors (Lipinski definition) is 5. The summed E-state index contributed by atoms with van der Waals surface area (Å²) in [7, 11) is 0. The van der Waals surface area contributed by atoms with Crippen LogP contribution in [0.5, 0.6) is 0 Å². The van der Waals surface area contributed by atoms with Gasteiger partial charge >= 0.3 is 5.82 Å². The van der Waals surface area contributed by atoms with Gasteiger partial charge in [0.2, 0.25) is 5.91 Å². The summed E-state index contributed by atoms with van der Waals surface area (Å²) in [6.45, 7) is 1.85. The molecule has 2 unspecified atom stereocenters. The van der Waals surface area contributed by atoms with Crippen LogP contribution in [0.4, 0.5) is 5.82 Å². The molecule has 1 aromatic heterocycles. The van der Waals surface area contributed by atoms with Gasteiger partial charge in [0, 0.05) is 18.6 Å². The highest BCUT2D eigenvalue weighted by Crippen LogP contribution is 2.28. The maximum atomic E-state index is 12.4. The van der Waals surface area contributed by atoms with Gasteiger partial charge in [0.25, 0.3) is 0 Å². The van der Waals surface area contributed by atoms with Crippen molar-refractivity contribution >= 4 is 24.1 Å². The molecule has 8 nitrogen and oxygen atoms in total. The lowest BCUT2D eigenvalue weighted by molar-refractivity contribution is -0.389. The predicted octanol–water partition coefficient (Wildman–Crippen LogP) is 0.566. The van der Waals surface area contributed by atoms with Crippen molar-refractivity contribution in [3.63, 3.8) is 0 Å². The summed E-state index contributed by atoms with van der Waals surface area (Å²) in [6.07, 6.45) is 4.54. The molecule has 2 bridgehead atoms. The SMILES string of the molecule is Cl.O=C(Cn1ccc([N+](=O)[O-])n1)N1C2CCNCC1CC2. The molecule has 1 amide bonds. The van der Waals surface area contributed by atoms with Crippen LogP contribution in [0.15, 0.2) is 12.3 Å². The largest absolute Gasteiger partial charge is 0.389 e. The third kappa shape index (κ3) is 3.16. The average Bonchev–Trinajstić information content (AvgIpc) is 2.93. The Hall–Kier alpha value is -1.67. The Balaban J connectivity index is 0.00000161. The van der Waals surface area contributed by atoms with Crippen LogP contribution in [-0.2, 0) is 11.3 Å². The van der Waals surface area contributed by atoms with Crippen molar-refractivity contribution < 1.29 is 9.72 Å². The number of nitrogens with zero attached hydrogens (tertiary/aromatic N) is 4. The normalized spacial score (nSPS) is 24.3. The molecule has 3 rings (SSSR count). The fourth-order valence-corrected chi connectivity index (χ4v) is 3.15. The highest BCUT2D eigenvalue weighted by Gasteiger charge is 2.38. The second kappa shape index (κ2) is 6.40. The van der Waals surface area contributed by atoms with E-state index >= 15 is 0 Å². The maximum Gasteiger partial charge on any atom is 0.389 e. The van der Waals surface area contributed by atoms with Crippen LogP contribution < -0.4 is 5.32 Å². The van der Waals surface area contributed by atoms with E-state index in [4.69, 9.17) is 0 Å². The Morgan fingerprint density at radius 2 is 2.19 bits per heavy atom. The van der Waals surface area contributed by atoms with Crippen LogP contribution >= 0.6 is 12.4 Å². The second-order valence-corrected chi connectivity index (χ2v) is 5.31. The number of nitrogens with one attached hydrogen (secondary N) is 1. The van der Waals surface area contributed by atoms with Crippen LogP contribution in [0.2, 0.25) is 0 Å². The quantitative estimate of drug-likeness (QED) is 0.650. The highest BCUT2D eigenvalue weighted by molar-refractivity contribution is 5.85. The molecule has 0 aliphatic carbocycles. The van der Waals surface area contributed by atoms with Gasteiger partial charge in [0.15, 0.2) is 0 Å². The fraction of sp³-hybridized carbons (Fsp3) is 0.667. The number of amides is 1. The summed E-state index contributed by atoms with van der Waals surface area (Å²) >= 11 is 0. The van der Waals surface area contributed by atoms with E-state index in [-0.39, 0.29) is 36.7 Å². The van der Waals surface area contributed by atoms with E-state index in [2.05, 4.69) is 10.4 Å². The van der Waals surface area contributed by atoms with Crippen LogP contribution in [-0.4, -0.2) is 50.7 Å². The predicted molar refractivity (Wildman–Crippen MR) is 77.3 cm³/mol. The van der Waals surface area contributed by atoms with E-state index in [0.717, 1.165) is 32.4 Å². The van der Waals surface area contributed by atoms with Gasteiger partial charge in [-0.25, -0.2) is 0 Å². The number of carbonyl (C=O) groups excluding carboxylic acids is 1. The molecular weight excluding hydrogens is 298 g/mol. The summed E-state index contributed by atoms with van der Waals surface area (Å²) in [6, 6.07) is 1.86. The molecule has 1 aromatic rings. The van der Waals surface area contributed by atoms with Gasteiger partial charge in [-0.1, -0.05) is 0 Å². The highest BCUT2D eigenvalue weighted by atomic mass is 35.5. The lowest BCUT2D eigenvalue weighted by Gasteiger charge is -2.27. The summed E-state index contributed by atoms with van der Waals surface area (Å²) in [5, 5.41) is 17.7. The first kappa shape index (κ1) is 15.7. The van der Waals surface area contributed by atoms with Crippen molar-refractivity contribution in [2.75, 3.05) is 13.1 Å². The second-order valence-electron chi connectivity index (χ2n) is 5.31. The Morgan fingerprint density at radius 1 is 1.43 bits per heavy atom. The summed E-state index contributed by atoms with van der Waals surface area (Å²) in [5.41, 5.74) is 0. The Labute approximate surface area is 128 Å². The number of nitro groups is 1. The van der Waals surface area contributed by atoms with Crippen molar-refractivity contribution in [2.45, 2.75) is 37.9 Å². The van der Waals surface area contributed by atoms with Crippen LogP contribution in [0.1, 0.15) is 19.3 Å². The van der Waals surface area contributed by atoms with Gasteiger partial charge in [-0.2, -0.15) is 4.68 Å². The number of aromatic nitrogens is 2. The molecule has 0 radical (unpaired) electrons.